The molecule has 144 valence electrons. The van der Waals surface area contributed by atoms with Crippen molar-refractivity contribution in [3.05, 3.63) is 34.9 Å². The van der Waals surface area contributed by atoms with E-state index in [0.29, 0.717) is 30.0 Å². The molecule has 0 spiro atoms. The van der Waals surface area contributed by atoms with E-state index < -0.39 is 15.3 Å². The number of likely N-dealkylation sites (N-methyl/N-ethyl adjacent to an activating group) is 2. The fourth-order valence-corrected chi connectivity index (χ4v) is 4.67. The van der Waals surface area contributed by atoms with Gasteiger partial charge in [-0.1, -0.05) is 17.7 Å². The average Bonchev–Trinajstić information content (AvgIpc) is 2.60. The minimum atomic E-state index is -3.68. The van der Waals surface area contributed by atoms with Gasteiger partial charge in [0.25, 0.3) is 5.91 Å². The number of amides is 2. The predicted octanol–water partition coefficient (Wildman–Crippen LogP) is 1.29. The molecule has 2 amide bonds. The minimum absolute atomic E-state index is 0.105. The fraction of sp³-hybridized carbons (Fsp3) is 0.529. The summed E-state index contributed by atoms with van der Waals surface area (Å²) in [4.78, 5) is 27.4. The molecule has 0 aromatic heterocycles. The van der Waals surface area contributed by atoms with Crippen molar-refractivity contribution in [2.45, 2.75) is 18.1 Å². The Bertz CT molecular complexity index is 782. The average molecular weight is 402 g/mol. The van der Waals surface area contributed by atoms with Crippen LogP contribution in [0.25, 0.3) is 0 Å². The van der Waals surface area contributed by atoms with E-state index in [1.54, 1.807) is 43.3 Å². The first-order valence-electron chi connectivity index (χ1n) is 8.33. The lowest BCUT2D eigenvalue weighted by molar-refractivity contribution is -0.128. The van der Waals surface area contributed by atoms with E-state index in [9.17, 15) is 18.0 Å². The van der Waals surface area contributed by atoms with E-state index >= 15 is 0 Å². The van der Waals surface area contributed by atoms with Crippen LogP contribution in [0.15, 0.2) is 24.3 Å². The number of likely N-dealkylation sites (tertiary alicyclic amines) is 1. The summed E-state index contributed by atoms with van der Waals surface area (Å²) >= 11 is 5.94. The van der Waals surface area contributed by atoms with Crippen LogP contribution in [0.5, 0.6) is 0 Å². The van der Waals surface area contributed by atoms with Gasteiger partial charge in [0, 0.05) is 44.8 Å². The summed E-state index contributed by atoms with van der Waals surface area (Å²) in [6, 6.07) is 6.60. The van der Waals surface area contributed by atoms with Crippen molar-refractivity contribution in [2.24, 2.45) is 0 Å². The van der Waals surface area contributed by atoms with Gasteiger partial charge in [-0.3, -0.25) is 9.59 Å². The van der Waals surface area contributed by atoms with Crippen LogP contribution >= 0.6 is 11.6 Å². The lowest BCUT2D eigenvalue weighted by Gasteiger charge is -2.34. The van der Waals surface area contributed by atoms with Gasteiger partial charge in [-0.2, -0.15) is 4.31 Å². The topological polar surface area (TPSA) is 78.0 Å². The summed E-state index contributed by atoms with van der Waals surface area (Å²) in [7, 11) is 0.872. The number of carbonyl (C=O) groups is 2. The molecule has 1 fully saturated rings. The zero-order valence-electron chi connectivity index (χ0n) is 15.2. The van der Waals surface area contributed by atoms with Crippen LogP contribution in [0.1, 0.15) is 23.2 Å². The number of nitrogens with zero attached hydrogens (tertiary/aromatic N) is 3. The van der Waals surface area contributed by atoms with Crippen LogP contribution in [0.2, 0.25) is 5.02 Å². The molecule has 2 rings (SSSR count). The minimum Gasteiger partial charge on any atom is -0.348 e. The van der Waals surface area contributed by atoms with E-state index in [2.05, 4.69) is 0 Å². The zero-order chi connectivity index (χ0) is 19.5. The third-order valence-electron chi connectivity index (χ3n) is 4.45. The number of hydrogen-bond acceptors (Lipinski definition) is 4. The third-order valence-corrected chi connectivity index (χ3v) is 6.91. The number of sulfonamides is 1. The molecule has 1 aliphatic heterocycles. The van der Waals surface area contributed by atoms with Gasteiger partial charge in [-0.15, -0.1) is 0 Å². The number of halogens is 1. The van der Waals surface area contributed by atoms with Crippen LogP contribution in [0, 0.1) is 0 Å². The van der Waals surface area contributed by atoms with Gasteiger partial charge in [0.05, 0.1) is 11.8 Å². The molecule has 26 heavy (non-hydrogen) atoms. The van der Waals surface area contributed by atoms with Crippen LogP contribution in [0.4, 0.5) is 0 Å². The highest BCUT2D eigenvalue weighted by molar-refractivity contribution is 7.89. The monoisotopic (exact) mass is 401 g/mol. The van der Waals surface area contributed by atoms with Gasteiger partial charge in [-0.25, -0.2) is 8.42 Å². The molecule has 7 nitrogen and oxygen atoms in total. The molecular formula is C17H24ClN3O4S. The van der Waals surface area contributed by atoms with E-state index in [0.717, 1.165) is 4.31 Å². The number of piperidine rings is 1. The summed E-state index contributed by atoms with van der Waals surface area (Å²) in [5, 5.41) is -0.265. The number of rotatable bonds is 5. The summed E-state index contributed by atoms with van der Waals surface area (Å²) in [6.07, 6.45) is 1.05. The molecule has 0 saturated carbocycles. The SMILES string of the molecule is CN(C)C(=O)CN(C)S(=O)(=O)[C@@H]1CCCN(C(=O)c2cccc(Cl)c2)C1. The Balaban J connectivity index is 2.11. The molecule has 0 aliphatic carbocycles. The Morgan fingerprint density at radius 1 is 1.27 bits per heavy atom. The van der Waals surface area contributed by atoms with Crippen LogP contribution in [-0.4, -0.2) is 80.4 Å². The Kier molecular flexibility index (Phi) is 6.65. The lowest BCUT2D eigenvalue weighted by Crippen LogP contribution is -2.50. The number of carbonyl (C=O) groups excluding carboxylic acids is 2. The molecule has 1 atom stereocenters. The quantitative estimate of drug-likeness (QED) is 0.744. The highest BCUT2D eigenvalue weighted by Crippen LogP contribution is 2.22. The number of benzene rings is 1. The van der Waals surface area contributed by atoms with Crippen molar-refractivity contribution < 1.29 is 18.0 Å². The second-order valence-corrected chi connectivity index (χ2v) is 9.37. The van der Waals surface area contributed by atoms with E-state index in [1.165, 1.54) is 11.9 Å². The van der Waals surface area contributed by atoms with Crippen molar-refractivity contribution in [3.8, 4) is 0 Å². The molecule has 0 unspecified atom stereocenters. The Hall–Kier alpha value is -1.64. The molecule has 0 N–H and O–H groups in total. The lowest BCUT2D eigenvalue weighted by atomic mass is 10.1. The van der Waals surface area contributed by atoms with Crippen molar-refractivity contribution in [1.29, 1.82) is 0 Å². The van der Waals surface area contributed by atoms with Crippen molar-refractivity contribution >= 4 is 33.4 Å². The fourth-order valence-electron chi connectivity index (χ4n) is 2.85. The zero-order valence-corrected chi connectivity index (χ0v) is 16.8. The maximum Gasteiger partial charge on any atom is 0.253 e. The normalized spacial score (nSPS) is 18.0. The molecule has 1 aromatic rings. The smallest absolute Gasteiger partial charge is 0.253 e. The van der Waals surface area contributed by atoms with Gasteiger partial charge < -0.3 is 9.80 Å². The Morgan fingerprint density at radius 2 is 1.96 bits per heavy atom. The first kappa shape index (κ1) is 20.7. The van der Waals surface area contributed by atoms with E-state index in [-0.39, 0.29) is 24.9 Å². The molecule has 0 radical (unpaired) electrons. The molecule has 1 saturated heterocycles. The van der Waals surface area contributed by atoms with Gasteiger partial charge >= 0.3 is 0 Å². The summed E-state index contributed by atoms with van der Waals surface area (Å²) < 4.78 is 26.7. The highest BCUT2D eigenvalue weighted by atomic mass is 35.5. The molecule has 1 aromatic carbocycles. The largest absolute Gasteiger partial charge is 0.348 e. The van der Waals surface area contributed by atoms with Crippen molar-refractivity contribution in [3.63, 3.8) is 0 Å². The third kappa shape index (κ3) is 4.75. The molecule has 0 bridgehead atoms. The first-order chi connectivity index (χ1) is 12.1. The maximum atomic E-state index is 12.8. The van der Waals surface area contributed by atoms with E-state index in [1.807, 2.05) is 0 Å². The Morgan fingerprint density at radius 3 is 2.58 bits per heavy atom. The molecule has 9 heteroatoms. The Labute approximate surface area is 159 Å². The number of hydrogen-bond donors (Lipinski definition) is 0. The second kappa shape index (κ2) is 8.37. The van der Waals surface area contributed by atoms with Crippen molar-refractivity contribution in [2.75, 3.05) is 40.8 Å². The second-order valence-electron chi connectivity index (χ2n) is 6.61. The summed E-state index contributed by atoms with van der Waals surface area (Å²) in [5.41, 5.74) is 0.437. The maximum absolute atomic E-state index is 12.8. The molecule has 1 heterocycles. The van der Waals surface area contributed by atoms with Gasteiger partial charge in [0.15, 0.2) is 0 Å². The van der Waals surface area contributed by atoms with E-state index in [4.69, 9.17) is 11.6 Å². The standard InChI is InChI=1S/C17H24ClN3O4S/c1-19(2)16(22)12-20(3)26(24,25)15-8-5-9-21(11-15)17(23)13-6-4-7-14(18)10-13/h4,6-7,10,15H,5,8-9,11-12H2,1-3H3/t15-/m1/s1. The molecule has 1 aliphatic rings. The first-order valence-corrected chi connectivity index (χ1v) is 10.2. The van der Waals surface area contributed by atoms with Gasteiger partial charge in [0.1, 0.15) is 0 Å². The van der Waals surface area contributed by atoms with Crippen LogP contribution in [-0.2, 0) is 14.8 Å². The predicted molar refractivity (Wildman–Crippen MR) is 101 cm³/mol. The highest BCUT2D eigenvalue weighted by Gasteiger charge is 2.36. The molecular weight excluding hydrogens is 378 g/mol. The van der Waals surface area contributed by atoms with Crippen molar-refractivity contribution in [1.82, 2.24) is 14.1 Å². The summed E-state index contributed by atoms with van der Waals surface area (Å²) in [6.45, 7) is 0.389. The van der Waals surface area contributed by atoms with Gasteiger partial charge in [0.2, 0.25) is 15.9 Å². The van der Waals surface area contributed by atoms with Crippen LogP contribution in [0.3, 0.4) is 0 Å². The van der Waals surface area contributed by atoms with Crippen LogP contribution < -0.4 is 0 Å². The summed E-state index contributed by atoms with van der Waals surface area (Å²) in [5.74, 6) is -0.529. The van der Waals surface area contributed by atoms with Gasteiger partial charge in [-0.05, 0) is 31.0 Å².